The van der Waals surface area contributed by atoms with Crippen molar-refractivity contribution in [2.24, 2.45) is 5.92 Å². The Kier molecular flexibility index (Phi) is 6.32. The van der Waals surface area contributed by atoms with Gasteiger partial charge in [0.05, 0.1) is 5.56 Å². The van der Waals surface area contributed by atoms with Gasteiger partial charge in [0.2, 0.25) is 5.91 Å². The zero-order chi connectivity index (χ0) is 16.7. The lowest BCUT2D eigenvalue weighted by Gasteiger charge is -2.20. The first-order chi connectivity index (χ1) is 11.1. The van der Waals surface area contributed by atoms with Crippen molar-refractivity contribution < 1.29 is 14.4 Å². The molecule has 23 heavy (non-hydrogen) atoms. The van der Waals surface area contributed by atoms with Gasteiger partial charge in [-0.15, -0.1) is 0 Å². The second kappa shape index (κ2) is 8.46. The molecule has 5 heteroatoms. The highest BCUT2D eigenvalue weighted by molar-refractivity contribution is 6.07. The molecule has 2 amide bonds. The summed E-state index contributed by atoms with van der Waals surface area (Å²) >= 11 is 0. The molecule has 1 fully saturated rings. The van der Waals surface area contributed by atoms with Gasteiger partial charge in [-0.3, -0.25) is 14.4 Å². The average molecular weight is 316 g/mol. The molecule has 0 saturated heterocycles. The standard InChI is InChI=1S/C18H24N2O3/c1-13(21)15-9-5-6-10-16(15)18(23)20-12-11-19-17(22)14-7-3-2-4-8-14/h5-6,9-10,14H,2-4,7-8,11-12H2,1H3,(H,19,22)(H,20,23). The first kappa shape index (κ1) is 17.2. The Labute approximate surface area is 136 Å². The molecular weight excluding hydrogens is 292 g/mol. The minimum Gasteiger partial charge on any atom is -0.354 e. The number of amides is 2. The van der Waals surface area contributed by atoms with Crippen LogP contribution in [0, 0.1) is 5.92 Å². The van der Waals surface area contributed by atoms with E-state index in [0.717, 1.165) is 25.7 Å². The Morgan fingerprint density at radius 1 is 0.957 bits per heavy atom. The van der Waals surface area contributed by atoms with Gasteiger partial charge in [-0.05, 0) is 25.8 Å². The van der Waals surface area contributed by atoms with Crippen LogP contribution in [-0.2, 0) is 4.79 Å². The van der Waals surface area contributed by atoms with Gasteiger partial charge in [0.15, 0.2) is 5.78 Å². The van der Waals surface area contributed by atoms with Gasteiger partial charge in [0.25, 0.3) is 5.91 Å². The molecule has 2 N–H and O–H groups in total. The van der Waals surface area contributed by atoms with Crippen molar-refractivity contribution in [1.82, 2.24) is 10.6 Å². The van der Waals surface area contributed by atoms with Crippen molar-refractivity contribution in [1.29, 1.82) is 0 Å². The predicted octanol–water partition coefficient (Wildman–Crippen LogP) is 2.32. The third-order valence-corrected chi connectivity index (χ3v) is 4.24. The average Bonchev–Trinajstić information content (AvgIpc) is 2.59. The highest BCUT2D eigenvalue weighted by Crippen LogP contribution is 2.23. The summed E-state index contributed by atoms with van der Waals surface area (Å²) in [6, 6.07) is 6.74. The Bertz CT molecular complexity index is 577. The minimum absolute atomic E-state index is 0.0862. The van der Waals surface area contributed by atoms with Crippen molar-refractivity contribution in [2.45, 2.75) is 39.0 Å². The van der Waals surface area contributed by atoms with Crippen LogP contribution in [0.3, 0.4) is 0 Å². The van der Waals surface area contributed by atoms with Gasteiger partial charge in [0.1, 0.15) is 0 Å². The van der Waals surface area contributed by atoms with Crippen LogP contribution in [0.25, 0.3) is 0 Å². The number of hydrogen-bond donors (Lipinski definition) is 2. The van der Waals surface area contributed by atoms with E-state index in [4.69, 9.17) is 0 Å². The summed E-state index contributed by atoms with van der Waals surface area (Å²) in [6.45, 7) is 2.20. The van der Waals surface area contributed by atoms with E-state index in [9.17, 15) is 14.4 Å². The first-order valence-electron chi connectivity index (χ1n) is 8.25. The van der Waals surface area contributed by atoms with Gasteiger partial charge in [-0.1, -0.05) is 37.5 Å². The topological polar surface area (TPSA) is 75.3 Å². The molecule has 0 spiro atoms. The number of hydrogen-bond acceptors (Lipinski definition) is 3. The molecule has 0 radical (unpaired) electrons. The summed E-state index contributed by atoms with van der Waals surface area (Å²) < 4.78 is 0. The second-order valence-electron chi connectivity index (χ2n) is 5.98. The summed E-state index contributed by atoms with van der Waals surface area (Å²) in [7, 11) is 0. The van der Waals surface area contributed by atoms with E-state index in [1.165, 1.54) is 13.3 Å². The molecule has 1 aromatic rings. The lowest BCUT2D eigenvalue weighted by Crippen LogP contribution is -2.38. The van der Waals surface area contributed by atoms with Crippen LogP contribution in [0.5, 0.6) is 0 Å². The summed E-state index contributed by atoms with van der Waals surface area (Å²) in [5.74, 6) is -0.218. The van der Waals surface area contributed by atoms with Crippen LogP contribution in [0.4, 0.5) is 0 Å². The minimum atomic E-state index is -0.289. The zero-order valence-electron chi connectivity index (χ0n) is 13.6. The Morgan fingerprint density at radius 3 is 2.22 bits per heavy atom. The van der Waals surface area contributed by atoms with Gasteiger partial charge < -0.3 is 10.6 Å². The van der Waals surface area contributed by atoms with Crippen LogP contribution in [0.2, 0.25) is 0 Å². The lowest BCUT2D eigenvalue weighted by molar-refractivity contribution is -0.125. The maximum Gasteiger partial charge on any atom is 0.252 e. The van der Waals surface area contributed by atoms with E-state index in [1.54, 1.807) is 24.3 Å². The van der Waals surface area contributed by atoms with Gasteiger partial charge in [-0.25, -0.2) is 0 Å². The number of nitrogens with one attached hydrogen (secondary N) is 2. The Balaban J connectivity index is 1.77. The number of carbonyl (C=O) groups is 3. The number of benzene rings is 1. The van der Waals surface area contributed by atoms with Crippen molar-refractivity contribution in [2.75, 3.05) is 13.1 Å². The number of rotatable bonds is 6. The van der Waals surface area contributed by atoms with Crippen molar-refractivity contribution in [3.8, 4) is 0 Å². The van der Waals surface area contributed by atoms with E-state index in [-0.39, 0.29) is 23.5 Å². The highest BCUT2D eigenvalue weighted by atomic mass is 16.2. The molecule has 0 heterocycles. The van der Waals surface area contributed by atoms with Crippen LogP contribution >= 0.6 is 0 Å². The van der Waals surface area contributed by atoms with Crippen LogP contribution in [-0.4, -0.2) is 30.7 Å². The molecule has 0 bridgehead atoms. The molecule has 1 aliphatic carbocycles. The lowest BCUT2D eigenvalue weighted by atomic mass is 9.89. The molecule has 0 unspecified atom stereocenters. The van der Waals surface area contributed by atoms with Crippen molar-refractivity contribution in [3.63, 3.8) is 0 Å². The number of ketones is 1. The SMILES string of the molecule is CC(=O)c1ccccc1C(=O)NCCNC(=O)C1CCCCC1. The molecule has 0 atom stereocenters. The molecule has 1 saturated carbocycles. The number of carbonyl (C=O) groups excluding carboxylic acids is 3. The predicted molar refractivity (Wildman–Crippen MR) is 88.4 cm³/mol. The quantitative estimate of drug-likeness (QED) is 0.625. The Hall–Kier alpha value is -2.17. The van der Waals surface area contributed by atoms with E-state index in [2.05, 4.69) is 10.6 Å². The normalized spacial score (nSPS) is 15.0. The van der Waals surface area contributed by atoms with Gasteiger partial charge in [-0.2, -0.15) is 0 Å². The third-order valence-electron chi connectivity index (χ3n) is 4.24. The molecule has 0 aromatic heterocycles. The summed E-state index contributed by atoms with van der Waals surface area (Å²) in [4.78, 5) is 35.7. The maximum atomic E-state index is 12.1. The monoisotopic (exact) mass is 316 g/mol. The third kappa shape index (κ3) is 4.91. The number of Topliss-reactive ketones (excluding diaryl/α,β-unsaturated/α-hetero) is 1. The second-order valence-corrected chi connectivity index (χ2v) is 5.98. The highest BCUT2D eigenvalue weighted by Gasteiger charge is 2.20. The van der Waals surface area contributed by atoms with E-state index in [1.807, 2.05) is 0 Å². The molecule has 0 aliphatic heterocycles. The van der Waals surface area contributed by atoms with Gasteiger partial charge >= 0.3 is 0 Å². The summed E-state index contributed by atoms with van der Waals surface area (Å²) in [5, 5.41) is 5.62. The maximum absolute atomic E-state index is 12.1. The molecular formula is C18H24N2O3. The van der Waals surface area contributed by atoms with E-state index in [0.29, 0.717) is 24.2 Å². The summed E-state index contributed by atoms with van der Waals surface area (Å²) in [6.07, 6.45) is 5.39. The van der Waals surface area contributed by atoms with Gasteiger partial charge in [0, 0.05) is 24.6 Å². The van der Waals surface area contributed by atoms with E-state index < -0.39 is 0 Å². The van der Waals surface area contributed by atoms with Crippen molar-refractivity contribution >= 4 is 17.6 Å². The smallest absolute Gasteiger partial charge is 0.252 e. The molecule has 124 valence electrons. The zero-order valence-corrected chi connectivity index (χ0v) is 13.6. The molecule has 1 aliphatic rings. The Morgan fingerprint density at radius 2 is 1.57 bits per heavy atom. The van der Waals surface area contributed by atoms with Crippen molar-refractivity contribution in [3.05, 3.63) is 35.4 Å². The fraction of sp³-hybridized carbons (Fsp3) is 0.500. The van der Waals surface area contributed by atoms with Crippen LogP contribution in [0.15, 0.2) is 24.3 Å². The largest absolute Gasteiger partial charge is 0.354 e. The van der Waals surface area contributed by atoms with E-state index >= 15 is 0 Å². The fourth-order valence-corrected chi connectivity index (χ4v) is 2.95. The molecule has 2 rings (SSSR count). The van der Waals surface area contributed by atoms with Crippen LogP contribution in [0.1, 0.15) is 59.7 Å². The van der Waals surface area contributed by atoms with Crippen LogP contribution < -0.4 is 10.6 Å². The fourth-order valence-electron chi connectivity index (χ4n) is 2.95. The molecule has 5 nitrogen and oxygen atoms in total. The molecule has 1 aromatic carbocycles. The summed E-state index contributed by atoms with van der Waals surface area (Å²) in [5.41, 5.74) is 0.787. The first-order valence-corrected chi connectivity index (χ1v) is 8.25.